The molecule has 124 valence electrons. The minimum absolute atomic E-state index is 0.0819. The van der Waals surface area contributed by atoms with E-state index in [0.717, 1.165) is 29.0 Å². The summed E-state index contributed by atoms with van der Waals surface area (Å²) in [7, 11) is 0. The summed E-state index contributed by atoms with van der Waals surface area (Å²) in [4.78, 5) is 13.4. The van der Waals surface area contributed by atoms with Crippen molar-refractivity contribution in [1.82, 2.24) is 10.1 Å². The fourth-order valence-corrected chi connectivity index (χ4v) is 1.68. The van der Waals surface area contributed by atoms with E-state index in [9.17, 15) is 25.5 Å². The van der Waals surface area contributed by atoms with Gasteiger partial charge in [0.25, 0.3) is 0 Å². The van der Waals surface area contributed by atoms with Gasteiger partial charge in [-0.3, -0.25) is 10.1 Å². The maximum absolute atomic E-state index is 10.6. The summed E-state index contributed by atoms with van der Waals surface area (Å²) in [6, 6.07) is 7.46. The quantitative estimate of drug-likeness (QED) is 0.236. The molecule has 2 N–H and O–H groups in total. The van der Waals surface area contributed by atoms with Gasteiger partial charge < -0.3 is 19.9 Å². The van der Waals surface area contributed by atoms with Crippen LogP contribution in [0.2, 0.25) is 0 Å². The molecule has 0 radical (unpaired) electrons. The van der Waals surface area contributed by atoms with Gasteiger partial charge in [-0.25, -0.2) is 0 Å². The van der Waals surface area contributed by atoms with Crippen molar-refractivity contribution in [2.45, 2.75) is 6.92 Å². The van der Waals surface area contributed by atoms with Crippen LogP contribution in [0.3, 0.4) is 0 Å². The van der Waals surface area contributed by atoms with Crippen LogP contribution in [0.5, 0.6) is 11.5 Å². The Hall–Kier alpha value is -3.69. The second-order valence-corrected chi connectivity index (χ2v) is 4.54. The van der Waals surface area contributed by atoms with Gasteiger partial charge in [0.05, 0.1) is 4.92 Å². The highest BCUT2D eigenvalue weighted by molar-refractivity contribution is 5.67. The number of rotatable bonds is 2. The van der Waals surface area contributed by atoms with Gasteiger partial charge in [-0.1, -0.05) is 11.2 Å². The van der Waals surface area contributed by atoms with Gasteiger partial charge in [0.2, 0.25) is 18.0 Å². The van der Waals surface area contributed by atoms with E-state index in [-0.39, 0.29) is 11.4 Å². The minimum Gasteiger partial charge on any atom is -0.619 e. The zero-order valence-corrected chi connectivity index (χ0v) is 12.4. The van der Waals surface area contributed by atoms with Crippen LogP contribution in [-0.4, -0.2) is 25.3 Å². The average Bonchev–Trinajstić information content (AvgIpc) is 3.07. The second-order valence-electron chi connectivity index (χ2n) is 4.54. The van der Waals surface area contributed by atoms with E-state index in [2.05, 4.69) is 14.7 Å². The number of aromatic nitrogens is 3. The van der Waals surface area contributed by atoms with Crippen molar-refractivity contribution in [3.8, 4) is 22.9 Å². The lowest BCUT2D eigenvalue weighted by molar-refractivity contribution is -0.612. The predicted octanol–water partition coefficient (Wildman–Crippen LogP) is 1.68. The molecule has 0 fully saturated rings. The molecule has 0 aliphatic heterocycles. The van der Waals surface area contributed by atoms with E-state index >= 15 is 0 Å². The number of nitro groups is 1. The Kier molecular flexibility index (Phi) is 4.90. The molecule has 0 aliphatic rings. The molecule has 24 heavy (non-hydrogen) atoms. The molecule has 0 spiro atoms. The summed E-state index contributed by atoms with van der Waals surface area (Å²) in [5, 5.41) is 43.1. The van der Waals surface area contributed by atoms with E-state index in [4.69, 9.17) is 0 Å². The molecule has 0 aliphatic carbocycles. The van der Waals surface area contributed by atoms with Crippen molar-refractivity contribution >= 4 is 5.69 Å². The van der Waals surface area contributed by atoms with Crippen molar-refractivity contribution in [3.63, 3.8) is 0 Å². The highest BCUT2D eigenvalue weighted by atomic mass is 16.6. The van der Waals surface area contributed by atoms with Gasteiger partial charge in [0.15, 0.2) is 17.6 Å². The number of phenols is 2. The summed E-state index contributed by atoms with van der Waals surface area (Å²) >= 11 is 0. The van der Waals surface area contributed by atoms with Crippen LogP contribution in [0, 0.1) is 22.2 Å². The molecule has 0 amide bonds. The van der Waals surface area contributed by atoms with Gasteiger partial charge in [-0.15, -0.1) is 0 Å². The lowest BCUT2D eigenvalue weighted by Crippen LogP contribution is -2.28. The number of hydrogen-bond donors (Lipinski definition) is 2. The molecule has 0 bridgehead atoms. The number of nitrogens with zero attached hydrogens (tertiary/aromatic N) is 4. The van der Waals surface area contributed by atoms with Crippen molar-refractivity contribution in [3.05, 3.63) is 63.9 Å². The summed E-state index contributed by atoms with van der Waals surface area (Å²) in [6.07, 6.45) is 2.53. The van der Waals surface area contributed by atoms with Crippen LogP contribution < -0.4 is 4.73 Å². The minimum atomic E-state index is -0.821. The highest BCUT2D eigenvalue weighted by Gasteiger charge is 2.20. The van der Waals surface area contributed by atoms with Crippen LogP contribution in [0.15, 0.2) is 47.4 Å². The number of phenolic OH excluding ortho intramolecular Hbond substituents is 2. The molecule has 10 nitrogen and oxygen atoms in total. The van der Waals surface area contributed by atoms with Crippen LogP contribution in [0.4, 0.5) is 5.69 Å². The van der Waals surface area contributed by atoms with Crippen molar-refractivity contribution in [1.29, 1.82) is 0 Å². The third kappa shape index (κ3) is 3.74. The molecule has 2 heterocycles. The molecule has 0 saturated heterocycles. The number of benzene rings is 1. The number of pyridine rings is 1. The Morgan fingerprint density at radius 3 is 2.54 bits per heavy atom. The molecule has 1 aromatic carbocycles. The largest absolute Gasteiger partial charge is 0.619 e. The second kappa shape index (κ2) is 7.05. The Bertz CT molecular complexity index is 829. The lowest BCUT2D eigenvalue weighted by Gasteiger charge is -2.01. The maximum Gasteiger partial charge on any atom is 0.315 e. The zero-order chi connectivity index (χ0) is 17.7. The summed E-state index contributed by atoms with van der Waals surface area (Å²) in [5.74, 6) is -1.33. The van der Waals surface area contributed by atoms with Gasteiger partial charge >= 0.3 is 5.69 Å². The number of nitro benzene ring substituents is 1. The average molecular weight is 332 g/mol. The smallest absolute Gasteiger partial charge is 0.315 e. The molecule has 0 unspecified atom stereocenters. The third-order valence-electron chi connectivity index (χ3n) is 2.90. The SMILES string of the molecule is Cc1cccc[n+]1[O-].O=[N+]([O-])c1cc(-c2ncon2)cc(O)c1O. The molecule has 3 aromatic rings. The molecular formula is C14H12N4O6. The van der Waals surface area contributed by atoms with Gasteiger partial charge in [0, 0.05) is 30.7 Å². The van der Waals surface area contributed by atoms with Crippen molar-refractivity contribution < 1.29 is 24.4 Å². The van der Waals surface area contributed by atoms with Gasteiger partial charge in [0.1, 0.15) is 0 Å². The first-order valence-electron chi connectivity index (χ1n) is 6.52. The normalized spacial score (nSPS) is 9.88. The first kappa shape index (κ1) is 16.7. The molecule has 0 saturated carbocycles. The van der Waals surface area contributed by atoms with E-state index in [1.54, 1.807) is 19.1 Å². The molecule has 10 heteroatoms. The standard InChI is InChI=1S/C8H5N3O5.C6H7NO/c12-6-2-4(8-9-3-16-10-8)1-5(7(6)13)11(14)15;1-6-4-2-3-5-7(6)8/h1-3,12-13H;2-5H,1H3. The summed E-state index contributed by atoms with van der Waals surface area (Å²) in [5.41, 5.74) is 0.281. The summed E-state index contributed by atoms with van der Waals surface area (Å²) < 4.78 is 5.30. The Balaban J connectivity index is 0.000000219. The highest BCUT2D eigenvalue weighted by Crippen LogP contribution is 2.38. The van der Waals surface area contributed by atoms with Gasteiger partial charge in [-0.05, 0) is 6.07 Å². The fourth-order valence-electron chi connectivity index (χ4n) is 1.68. The molecule has 0 atom stereocenters. The number of aromatic hydroxyl groups is 2. The molecule has 2 aromatic heterocycles. The predicted molar refractivity (Wildman–Crippen MR) is 79.9 cm³/mol. The Labute approximate surface area is 135 Å². The summed E-state index contributed by atoms with van der Waals surface area (Å²) in [6.45, 7) is 1.77. The maximum atomic E-state index is 10.6. The Morgan fingerprint density at radius 1 is 1.29 bits per heavy atom. The number of hydrogen-bond acceptors (Lipinski definition) is 8. The molecule has 3 rings (SSSR count). The van der Waals surface area contributed by atoms with E-state index in [1.807, 2.05) is 6.07 Å². The number of aryl methyl sites for hydroxylation is 1. The zero-order valence-electron chi connectivity index (χ0n) is 12.4. The van der Waals surface area contributed by atoms with Crippen LogP contribution >= 0.6 is 0 Å². The first-order chi connectivity index (χ1) is 11.4. The Morgan fingerprint density at radius 2 is 2.04 bits per heavy atom. The van der Waals surface area contributed by atoms with Crippen LogP contribution in [-0.2, 0) is 0 Å². The monoisotopic (exact) mass is 332 g/mol. The lowest BCUT2D eigenvalue weighted by atomic mass is 10.1. The van der Waals surface area contributed by atoms with Crippen molar-refractivity contribution in [2.24, 2.45) is 0 Å². The van der Waals surface area contributed by atoms with Crippen LogP contribution in [0.1, 0.15) is 5.69 Å². The van der Waals surface area contributed by atoms with E-state index in [1.165, 1.54) is 6.20 Å². The molecular weight excluding hydrogens is 320 g/mol. The van der Waals surface area contributed by atoms with E-state index in [0.29, 0.717) is 0 Å². The first-order valence-corrected chi connectivity index (χ1v) is 6.52. The van der Waals surface area contributed by atoms with Crippen molar-refractivity contribution in [2.75, 3.05) is 0 Å². The van der Waals surface area contributed by atoms with Gasteiger partial charge in [-0.2, -0.15) is 9.71 Å². The fraction of sp³-hybridized carbons (Fsp3) is 0.0714. The van der Waals surface area contributed by atoms with Crippen LogP contribution in [0.25, 0.3) is 11.4 Å². The topological polar surface area (TPSA) is 149 Å². The third-order valence-corrected chi connectivity index (χ3v) is 2.90. The van der Waals surface area contributed by atoms with E-state index < -0.39 is 22.1 Å².